The summed E-state index contributed by atoms with van der Waals surface area (Å²) in [6.45, 7) is 4.66. The van der Waals surface area contributed by atoms with E-state index in [9.17, 15) is 0 Å². The van der Waals surface area contributed by atoms with Crippen LogP contribution in [0.3, 0.4) is 0 Å². The van der Waals surface area contributed by atoms with E-state index in [-0.39, 0.29) is 5.41 Å². The molecule has 1 N–H and O–H groups in total. The van der Waals surface area contributed by atoms with E-state index in [0.29, 0.717) is 0 Å². The van der Waals surface area contributed by atoms with Crippen molar-refractivity contribution in [2.24, 2.45) is 0 Å². The van der Waals surface area contributed by atoms with Crippen LogP contribution in [0.4, 0.5) is 28.4 Å². The summed E-state index contributed by atoms with van der Waals surface area (Å²) in [6, 6.07) is 124. The van der Waals surface area contributed by atoms with E-state index >= 15 is 0 Å². The highest BCUT2D eigenvalue weighted by atomic mass is 15.1. The lowest BCUT2D eigenvalue weighted by Crippen LogP contribution is -2.25. The molecule has 0 fully saturated rings. The molecule has 0 radical (unpaired) electrons. The van der Waals surface area contributed by atoms with Crippen LogP contribution in [-0.4, -0.2) is 9.13 Å². The predicted molar refractivity (Wildman–Crippen MR) is 449 cm³/mol. The van der Waals surface area contributed by atoms with Crippen molar-refractivity contribution in [2.75, 3.05) is 10.2 Å². The summed E-state index contributed by atoms with van der Waals surface area (Å²) in [5.41, 5.74) is 30.6. The van der Waals surface area contributed by atoms with E-state index in [1.54, 1.807) is 0 Å². The van der Waals surface area contributed by atoms with E-state index in [0.717, 1.165) is 41.3 Å². The highest BCUT2D eigenvalue weighted by Crippen LogP contribution is 2.56. The summed E-state index contributed by atoms with van der Waals surface area (Å²) >= 11 is 0. The molecule has 16 aromatic rings. The SMILES string of the molecule is CCCCCCCCC1(CCCCCCCC)c2cc(-c3ccc(Nc4ccc(-c5ccc6c(c5)c5ccccc5n6-c5ccccc5)cc4)cc3)ccc2-c2ccc(-c3ccc(N(c4ccc(-c5ccccc5)cc4)c4ccc(-c5ccc6c(c5)c5ccccc5n6-c5ccccc5)cc4)cc3)cc21. The summed E-state index contributed by atoms with van der Waals surface area (Å²) < 4.78 is 4.77. The van der Waals surface area contributed by atoms with Crippen LogP contribution in [-0.2, 0) is 5.41 Å². The van der Waals surface area contributed by atoms with Crippen molar-refractivity contribution < 1.29 is 0 Å². The Morgan fingerprint density at radius 1 is 0.257 bits per heavy atom. The lowest BCUT2D eigenvalue weighted by Gasteiger charge is -2.33. The maximum Gasteiger partial charge on any atom is 0.0541 e. The number of nitrogens with zero attached hydrogens (tertiary/aromatic N) is 3. The van der Waals surface area contributed by atoms with Crippen molar-refractivity contribution in [1.29, 1.82) is 0 Å². The lowest BCUT2D eigenvalue weighted by atomic mass is 9.70. The van der Waals surface area contributed by atoms with Crippen LogP contribution in [0.1, 0.15) is 115 Å². The number of rotatable bonds is 26. The third-order valence-electron chi connectivity index (χ3n) is 22.5. The normalized spacial score (nSPS) is 12.3. The Bertz CT molecular complexity index is 5660. The number of benzene rings is 14. The van der Waals surface area contributed by atoms with Gasteiger partial charge in [0.05, 0.1) is 22.1 Å². The Hall–Kier alpha value is -11.7. The first-order valence-corrected chi connectivity index (χ1v) is 38.6. The molecular weight excluding hydrogens is 1270 g/mol. The van der Waals surface area contributed by atoms with Crippen LogP contribution in [0.25, 0.3) is 122 Å². The Balaban J connectivity index is 0.668. The van der Waals surface area contributed by atoms with E-state index in [1.165, 1.54) is 210 Å². The second-order valence-corrected chi connectivity index (χ2v) is 29.1. The van der Waals surface area contributed by atoms with Crippen molar-refractivity contribution in [1.82, 2.24) is 9.13 Å². The highest BCUT2D eigenvalue weighted by molar-refractivity contribution is 6.12. The van der Waals surface area contributed by atoms with E-state index in [1.807, 2.05) is 0 Å². The Labute approximate surface area is 619 Å². The largest absolute Gasteiger partial charge is 0.356 e. The van der Waals surface area contributed by atoms with E-state index in [2.05, 4.69) is 367 Å². The van der Waals surface area contributed by atoms with Crippen LogP contribution in [0.2, 0.25) is 0 Å². The molecule has 4 nitrogen and oxygen atoms in total. The van der Waals surface area contributed by atoms with Crippen LogP contribution < -0.4 is 10.2 Å². The molecule has 0 spiro atoms. The van der Waals surface area contributed by atoms with Gasteiger partial charge in [0.15, 0.2) is 0 Å². The topological polar surface area (TPSA) is 25.1 Å². The van der Waals surface area contributed by atoms with Crippen LogP contribution in [0.5, 0.6) is 0 Å². The number of fused-ring (bicyclic) bond motifs is 9. The zero-order valence-corrected chi connectivity index (χ0v) is 60.5. The van der Waals surface area contributed by atoms with Gasteiger partial charge in [0.25, 0.3) is 0 Å². The minimum Gasteiger partial charge on any atom is -0.356 e. The highest BCUT2D eigenvalue weighted by Gasteiger charge is 2.43. The average molecular weight is 1360 g/mol. The molecule has 2 heterocycles. The first-order valence-electron chi connectivity index (χ1n) is 38.6. The molecule has 0 unspecified atom stereocenters. The third kappa shape index (κ3) is 13.2. The molecule has 0 aliphatic heterocycles. The molecule has 514 valence electrons. The third-order valence-corrected chi connectivity index (χ3v) is 22.5. The summed E-state index contributed by atoms with van der Waals surface area (Å²) in [4.78, 5) is 2.42. The molecule has 4 heteroatoms. The maximum atomic E-state index is 3.75. The number of para-hydroxylation sites is 4. The summed E-state index contributed by atoms with van der Waals surface area (Å²) in [6.07, 6.45) is 17.7. The standard InChI is InChI=1S/C101H90N4/c1-3-5-7-9-11-26-66-101(67-27-12-10-8-6-4-2)95-70-80(75-40-54-83(55-41-75)102-82-52-38-74(39-53-82)78-50-64-99-93(68-78)91-34-22-24-36-97(91)104(99)84-30-18-14-19-31-84)48-62-89(95)90-63-49-81(71-96(90)101)77-46-60-88(61-47-77)103(86-56-42-73(43-57-86)72-28-16-13-17-29-72)87-58-44-76(45-59-87)79-51-65-100-94(69-79)92-35-23-25-37-98(92)105(100)85-32-20-15-21-33-85/h13-25,28-65,68-71,102H,3-12,26-27,66-67H2,1-2H3. The van der Waals surface area contributed by atoms with Gasteiger partial charge in [0, 0.05) is 66.8 Å². The molecule has 105 heavy (non-hydrogen) atoms. The van der Waals surface area contributed by atoms with Gasteiger partial charge in [0.2, 0.25) is 0 Å². The molecule has 0 amide bonds. The second kappa shape index (κ2) is 29.9. The molecule has 0 bridgehead atoms. The van der Waals surface area contributed by atoms with Gasteiger partial charge in [-0.15, -0.1) is 0 Å². The van der Waals surface area contributed by atoms with Crippen molar-refractivity contribution in [3.8, 4) is 78.1 Å². The van der Waals surface area contributed by atoms with Gasteiger partial charge >= 0.3 is 0 Å². The van der Waals surface area contributed by atoms with Crippen molar-refractivity contribution in [3.05, 3.63) is 345 Å². The molecular formula is C101H90N4. The summed E-state index contributed by atoms with van der Waals surface area (Å²) in [5.74, 6) is 0. The van der Waals surface area contributed by atoms with Gasteiger partial charge in [-0.25, -0.2) is 0 Å². The van der Waals surface area contributed by atoms with Crippen molar-refractivity contribution in [2.45, 2.75) is 109 Å². The molecule has 0 atom stereocenters. The minimum absolute atomic E-state index is 0.103. The number of hydrogen-bond acceptors (Lipinski definition) is 2. The van der Waals surface area contributed by atoms with Crippen molar-refractivity contribution >= 4 is 72.0 Å². The van der Waals surface area contributed by atoms with Gasteiger partial charge in [-0.1, -0.05) is 291 Å². The molecule has 1 aliphatic rings. The molecule has 17 rings (SSSR count). The van der Waals surface area contributed by atoms with E-state index < -0.39 is 0 Å². The number of unbranched alkanes of at least 4 members (excludes halogenated alkanes) is 10. The minimum atomic E-state index is -0.103. The number of nitrogens with one attached hydrogen (secondary N) is 1. The average Bonchev–Trinajstić information content (AvgIpc) is 1.57. The quantitative estimate of drug-likeness (QED) is 0.0547. The van der Waals surface area contributed by atoms with Gasteiger partial charge < -0.3 is 19.4 Å². The smallest absolute Gasteiger partial charge is 0.0541 e. The van der Waals surface area contributed by atoms with Crippen LogP contribution >= 0.6 is 0 Å². The van der Waals surface area contributed by atoms with Gasteiger partial charge in [-0.3, -0.25) is 0 Å². The second-order valence-electron chi connectivity index (χ2n) is 29.1. The van der Waals surface area contributed by atoms with Crippen LogP contribution in [0, 0.1) is 0 Å². The molecule has 14 aromatic carbocycles. The zero-order valence-electron chi connectivity index (χ0n) is 60.5. The fourth-order valence-electron chi connectivity index (χ4n) is 17.1. The molecule has 0 saturated carbocycles. The van der Waals surface area contributed by atoms with Crippen LogP contribution in [0.15, 0.2) is 334 Å². The fraction of sp³-hybridized carbons (Fsp3) is 0.168. The lowest BCUT2D eigenvalue weighted by molar-refractivity contribution is 0.398. The fourth-order valence-corrected chi connectivity index (χ4v) is 17.1. The Kier molecular flexibility index (Phi) is 19.0. The van der Waals surface area contributed by atoms with E-state index in [4.69, 9.17) is 0 Å². The van der Waals surface area contributed by atoms with Crippen molar-refractivity contribution in [3.63, 3.8) is 0 Å². The van der Waals surface area contributed by atoms with Gasteiger partial charge in [-0.05, 0) is 224 Å². The maximum absolute atomic E-state index is 3.75. The Morgan fingerprint density at radius 3 is 0.971 bits per heavy atom. The number of hydrogen-bond donors (Lipinski definition) is 1. The zero-order chi connectivity index (χ0) is 70.5. The van der Waals surface area contributed by atoms with Gasteiger partial charge in [-0.2, -0.15) is 0 Å². The number of aromatic nitrogens is 2. The first kappa shape index (κ1) is 66.5. The number of anilines is 5. The molecule has 1 aliphatic carbocycles. The molecule has 2 aromatic heterocycles. The Morgan fingerprint density at radius 2 is 0.562 bits per heavy atom. The molecule has 0 saturated heterocycles. The summed E-state index contributed by atoms with van der Waals surface area (Å²) in [7, 11) is 0. The van der Waals surface area contributed by atoms with Gasteiger partial charge in [0.1, 0.15) is 0 Å². The first-order chi connectivity index (χ1) is 52.0. The predicted octanol–water partition coefficient (Wildman–Crippen LogP) is 29.2. The summed E-state index contributed by atoms with van der Waals surface area (Å²) in [5, 5.41) is 8.77. The monoisotopic (exact) mass is 1360 g/mol.